The number of hydrogen-bond acceptors (Lipinski definition) is 3. The molecule has 29 heavy (non-hydrogen) atoms. The lowest BCUT2D eigenvalue weighted by atomic mass is 10.2. The van der Waals surface area contributed by atoms with Crippen LogP contribution >= 0.6 is 24.0 Å². The fourth-order valence-corrected chi connectivity index (χ4v) is 3.96. The van der Waals surface area contributed by atoms with Crippen LogP contribution in [0.5, 0.6) is 5.75 Å². The Kier molecular flexibility index (Phi) is 9.52. The highest BCUT2D eigenvalue weighted by Crippen LogP contribution is 2.26. The van der Waals surface area contributed by atoms with Gasteiger partial charge >= 0.3 is 0 Å². The van der Waals surface area contributed by atoms with E-state index in [-0.39, 0.29) is 41.8 Å². The van der Waals surface area contributed by atoms with Crippen LogP contribution in [0.3, 0.4) is 0 Å². The molecule has 1 atom stereocenters. The summed E-state index contributed by atoms with van der Waals surface area (Å²) in [6.45, 7) is 6.11. The van der Waals surface area contributed by atoms with Crippen molar-refractivity contribution in [3.8, 4) is 5.75 Å². The van der Waals surface area contributed by atoms with Crippen LogP contribution in [-0.4, -0.2) is 49.0 Å². The van der Waals surface area contributed by atoms with E-state index in [4.69, 9.17) is 4.74 Å². The molecule has 1 heterocycles. The van der Waals surface area contributed by atoms with Crippen LogP contribution in [0.25, 0.3) is 0 Å². The largest absolute Gasteiger partial charge is 0.490 e. The number of carbonyl (C=O) groups excluding carboxylic acids is 1. The molecular weight excluding hydrogens is 479 g/mol. The summed E-state index contributed by atoms with van der Waals surface area (Å²) in [5, 5.41) is 6.86. The van der Waals surface area contributed by atoms with E-state index in [1.807, 2.05) is 30.9 Å². The lowest BCUT2D eigenvalue weighted by Crippen LogP contribution is -2.45. The fraction of sp³-hybridized carbons (Fsp3) is 0.636. The van der Waals surface area contributed by atoms with E-state index in [9.17, 15) is 4.79 Å². The molecule has 3 rings (SSSR count). The number of para-hydroxylation sites is 1. The summed E-state index contributed by atoms with van der Waals surface area (Å²) in [6, 6.07) is 8.46. The van der Waals surface area contributed by atoms with Gasteiger partial charge < -0.3 is 20.3 Å². The fourth-order valence-electron chi connectivity index (χ4n) is 3.96. The van der Waals surface area contributed by atoms with E-state index in [1.165, 1.54) is 12.8 Å². The van der Waals surface area contributed by atoms with Crippen molar-refractivity contribution >= 4 is 35.8 Å². The Bertz CT molecular complexity index is 689. The summed E-state index contributed by atoms with van der Waals surface area (Å²) in [4.78, 5) is 18.5. The molecule has 1 saturated carbocycles. The molecule has 0 spiro atoms. The van der Waals surface area contributed by atoms with Gasteiger partial charge in [-0.1, -0.05) is 32.0 Å². The average molecular weight is 514 g/mol. The lowest BCUT2D eigenvalue weighted by molar-refractivity contribution is -0.133. The van der Waals surface area contributed by atoms with Crippen molar-refractivity contribution in [2.45, 2.75) is 64.6 Å². The maximum atomic E-state index is 12.2. The molecule has 1 aromatic carbocycles. The number of rotatable bonds is 6. The molecule has 1 aliphatic heterocycles. The number of guanidine groups is 1. The van der Waals surface area contributed by atoms with Crippen LogP contribution in [0.15, 0.2) is 29.3 Å². The monoisotopic (exact) mass is 514 g/mol. The average Bonchev–Trinajstić information content (AvgIpc) is 3.37. The number of hydrogen-bond donors (Lipinski definition) is 2. The van der Waals surface area contributed by atoms with Gasteiger partial charge in [0.05, 0.1) is 6.10 Å². The Hall–Kier alpha value is -1.51. The highest BCUT2D eigenvalue weighted by molar-refractivity contribution is 14.0. The molecular formula is C22H35IN4O2. The molecule has 0 bridgehead atoms. The van der Waals surface area contributed by atoms with Gasteiger partial charge in [-0.05, 0) is 38.2 Å². The van der Waals surface area contributed by atoms with Gasteiger partial charge in [0.25, 0.3) is 0 Å². The maximum absolute atomic E-state index is 12.2. The zero-order chi connectivity index (χ0) is 19.9. The summed E-state index contributed by atoms with van der Waals surface area (Å²) in [5.41, 5.74) is 1.14. The molecule has 162 valence electrons. The first-order valence-electron chi connectivity index (χ1n) is 10.6. The predicted octanol–water partition coefficient (Wildman–Crippen LogP) is 3.55. The van der Waals surface area contributed by atoms with Crippen molar-refractivity contribution < 1.29 is 9.53 Å². The smallest absolute Gasteiger partial charge is 0.225 e. The number of amides is 1. The summed E-state index contributed by atoms with van der Waals surface area (Å²) < 4.78 is 6.22. The highest BCUT2D eigenvalue weighted by atomic mass is 127. The van der Waals surface area contributed by atoms with Crippen LogP contribution in [-0.2, 0) is 11.3 Å². The number of nitrogens with zero attached hydrogens (tertiary/aromatic N) is 2. The first kappa shape index (κ1) is 23.8. The van der Waals surface area contributed by atoms with Crippen LogP contribution in [0.2, 0.25) is 0 Å². The van der Waals surface area contributed by atoms with Crippen molar-refractivity contribution in [2.24, 2.45) is 10.9 Å². The molecule has 1 saturated heterocycles. The van der Waals surface area contributed by atoms with Gasteiger partial charge in [-0.3, -0.25) is 9.79 Å². The molecule has 0 radical (unpaired) electrons. The SMILES string of the molecule is CN=C(NCc1ccccc1OC1CCCC1)NC1CCN(C(=O)C(C)C)C1.I. The van der Waals surface area contributed by atoms with Gasteiger partial charge in [0.15, 0.2) is 5.96 Å². The van der Waals surface area contributed by atoms with E-state index >= 15 is 0 Å². The molecule has 1 amide bonds. The predicted molar refractivity (Wildman–Crippen MR) is 128 cm³/mol. The van der Waals surface area contributed by atoms with Crippen LogP contribution in [0.4, 0.5) is 0 Å². The van der Waals surface area contributed by atoms with E-state index in [0.29, 0.717) is 12.6 Å². The second-order valence-corrected chi connectivity index (χ2v) is 8.13. The summed E-state index contributed by atoms with van der Waals surface area (Å²) in [7, 11) is 1.78. The van der Waals surface area contributed by atoms with Crippen LogP contribution < -0.4 is 15.4 Å². The quantitative estimate of drug-likeness (QED) is 0.346. The van der Waals surface area contributed by atoms with Gasteiger partial charge in [0, 0.05) is 44.2 Å². The van der Waals surface area contributed by atoms with Gasteiger partial charge in [-0.25, -0.2) is 0 Å². The zero-order valence-corrected chi connectivity index (χ0v) is 20.1. The minimum Gasteiger partial charge on any atom is -0.490 e. The molecule has 1 unspecified atom stereocenters. The van der Waals surface area contributed by atoms with E-state index in [0.717, 1.165) is 49.6 Å². The zero-order valence-electron chi connectivity index (χ0n) is 17.8. The molecule has 6 nitrogen and oxygen atoms in total. The molecule has 7 heteroatoms. The van der Waals surface area contributed by atoms with Crippen molar-refractivity contribution in [3.05, 3.63) is 29.8 Å². The third-order valence-electron chi connectivity index (χ3n) is 5.57. The van der Waals surface area contributed by atoms with Crippen molar-refractivity contribution in [2.75, 3.05) is 20.1 Å². The Morgan fingerprint density at radius 3 is 2.66 bits per heavy atom. The number of ether oxygens (including phenoxy) is 1. The third kappa shape index (κ3) is 6.76. The topological polar surface area (TPSA) is 66.0 Å². The third-order valence-corrected chi connectivity index (χ3v) is 5.57. The number of likely N-dealkylation sites (tertiary alicyclic amines) is 1. The molecule has 2 aliphatic rings. The van der Waals surface area contributed by atoms with Crippen molar-refractivity contribution in [3.63, 3.8) is 0 Å². The second-order valence-electron chi connectivity index (χ2n) is 8.13. The summed E-state index contributed by atoms with van der Waals surface area (Å²) in [5.74, 6) is 2.00. The lowest BCUT2D eigenvalue weighted by Gasteiger charge is -2.21. The molecule has 2 fully saturated rings. The number of carbonyl (C=O) groups is 1. The normalized spacial score (nSPS) is 19.9. The van der Waals surface area contributed by atoms with Gasteiger partial charge in [-0.2, -0.15) is 0 Å². The minimum atomic E-state index is 0. The Labute approximate surface area is 191 Å². The molecule has 2 N–H and O–H groups in total. The number of halogens is 1. The Balaban J connectivity index is 0.00000300. The maximum Gasteiger partial charge on any atom is 0.225 e. The minimum absolute atomic E-state index is 0. The molecule has 0 aromatic heterocycles. The highest BCUT2D eigenvalue weighted by Gasteiger charge is 2.28. The Morgan fingerprint density at radius 2 is 1.97 bits per heavy atom. The number of nitrogens with one attached hydrogen (secondary N) is 2. The van der Waals surface area contributed by atoms with Gasteiger partial charge in [-0.15, -0.1) is 24.0 Å². The number of aliphatic imine (C=N–C) groups is 1. The standard InChI is InChI=1S/C22H34N4O2.HI/c1-16(2)21(27)26-13-12-18(15-26)25-22(23-3)24-14-17-8-4-7-11-20(17)28-19-9-5-6-10-19;/h4,7-8,11,16,18-19H,5-6,9-10,12-15H2,1-3H3,(H2,23,24,25);1H. The van der Waals surface area contributed by atoms with Crippen molar-refractivity contribution in [1.29, 1.82) is 0 Å². The van der Waals surface area contributed by atoms with Gasteiger partial charge in [0.1, 0.15) is 5.75 Å². The van der Waals surface area contributed by atoms with Crippen molar-refractivity contribution in [1.82, 2.24) is 15.5 Å². The molecule has 1 aromatic rings. The number of benzene rings is 1. The Morgan fingerprint density at radius 1 is 1.24 bits per heavy atom. The van der Waals surface area contributed by atoms with Gasteiger partial charge in [0.2, 0.25) is 5.91 Å². The summed E-state index contributed by atoms with van der Waals surface area (Å²) >= 11 is 0. The first-order valence-corrected chi connectivity index (χ1v) is 10.6. The summed E-state index contributed by atoms with van der Waals surface area (Å²) in [6.07, 6.45) is 6.12. The van der Waals surface area contributed by atoms with E-state index in [1.54, 1.807) is 7.05 Å². The van der Waals surface area contributed by atoms with Crippen LogP contribution in [0.1, 0.15) is 51.5 Å². The first-order chi connectivity index (χ1) is 13.6. The van der Waals surface area contributed by atoms with E-state index < -0.39 is 0 Å². The molecule has 1 aliphatic carbocycles. The second kappa shape index (κ2) is 11.6. The van der Waals surface area contributed by atoms with E-state index in [2.05, 4.69) is 27.8 Å². The van der Waals surface area contributed by atoms with Crippen LogP contribution in [0, 0.1) is 5.92 Å².